The van der Waals surface area contributed by atoms with Crippen LogP contribution in [0.2, 0.25) is 0 Å². The van der Waals surface area contributed by atoms with Gasteiger partial charge in [0.2, 0.25) is 0 Å². The Hall–Kier alpha value is -2.49. The van der Waals surface area contributed by atoms with E-state index in [4.69, 9.17) is 10.5 Å². The van der Waals surface area contributed by atoms with Crippen LogP contribution < -0.4 is 16.0 Å². The molecular weight excluding hydrogens is 569 g/mol. The van der Waals surface area contributed by atoms with Crippen LogP contribution in [0.3, 0.4) is 0 Å². The molecule has 8 rings (SSSR count). The molecular formula is C36H50FN5O3. The SMILES string of the molecule is NC1CCN(C2C(F)CC3C(=O)C(C(=O)NCc4ccccc4N4CCCCC4)=CN4C5CC6CCCCC6CC5OC2C34)C1. The lowest BCUT2D eigenvalue weighted by Crippen LogP contribution is -2.73. The minimum absolute atomic E-state index is 0.0134. The minimum Gasteiger partial charge on any atom is -0.371 e. The number of rotatable bonds is 5. The number of fused-ring (bicyclic) bond motifs is 3. The maximum absolute atomic E-state index is 16.3. The Morgan fingerprint density at radius 1 is 0.956 bits per heavy atom. The molecule has 4 aliphatic heterocycles. The summed E-state index contributed by atoms with van der Waals surface area (Å²) in [6, 6.07) is 7.76. The van der Waals surface area contributed by atoms with Crippen LogP contribution in [0.4, 0.5) is 10.1 Å². The zero-order chi connectivity index (χ0) is 30.7. The number of hydrogen-bond donors (Lipinski definition) is 2. The van der Waals surface area contributed by atoms with Crippen LogP contribution in [0.1, 0.15) is 76.2 Å². The Morgan fingerprint density at radius 3 is 2.51 bits per heavy atom. The van der Waals surface area contributed by atoms with Gasteiger partial charge in [-0.15, -0.1) is 0 Å². The second-order valence-electron chi connectivity index (χ2n) is 15.1. The van der Waals surface area contributed by atoms with Crippen LogP contribution in [0, 0.1) is 17.8 Å². The van der Waals surface area contributed by atoms with Crippen LogP contribution in [-0.4, -0.2) is 90.2 Å². The Bertz CT molecular complexity index is 1320. The molecule has 45 heavy (non-hydrogen) atoms. The lowest BCUT2D eigenvalue weighted by atomic mass is 9.64. The lowest BCUT2D eigenvalue weighted by molar-refractivity contribution is -0.219. The highest BCUT2D eigenvalue weighted by Gasteiger charge is 2.61. The van der Waals surface area contributed by atoms with Gasteiger partial charge in [0.05, 0.1) is 35.9 Å². The third kappa shape index (κ3) is 5.40. The number of hydrogen-bond acceptors (Lipinski definition) is 7. The first kappa shape index (κ1) is 29.9. The lowest BCUT2D eigenvalue weighted by Gasteiger charge is -2.61. The van der Waals surface area contributed by atoms with Crippen molar-refractivity contribution in [1.82, 2.24) is 15.1 Å². The number of halogens is 1. The van der Waals surface area contributed by atoms with Crippen molar-refractivity contribution in [3.63, 3.8) is 0 Å². The molecule has 0 bridgehead atoms. The number of piperidine rings is 1. The molecule has 0 radical (unpaired) electrons. The standard InChI is InChI=1S/C36H50FN5O3/c37-28-18-26-32-35(33(28)41-15-12-25(38)20-41)45-31-17-23-9-3-2-8-22(23)16-30(31)42(32)21-27(34(26)43)36(44)39-19-24-10-4-5-11-29(24)40-13-6-1-7-14-40/h4-5,10-11,21-23,25-26,28,30-33,35H,1-3,6-9,12-20,38H2,(H,39,44). The number of alkyl halides is 1. The van der Waals surface area contributed by atoms with Gasteiger partial charge in [-0.3, -0.25) is 14.5 Å². The number of ketones is 1. The quantitative estimate of drug-likeness (QED) is 0.483. The van der Waals surface area contributed by atoms with Gasteiger partial charge in [0, 0.05) is 56.6 Å². The molecule has 3 aliphatic carbocycles. The average molecular weight is 620 g/mol. The van der Waals surface area contributed by atoms with Crippen LogP contribution in [0.15, 0.2) is 36.0 Å². The fourth-order valence-electron chi connectivity index (χ4n) is 10.3. The Labute approximate surface area is 266 Å². The van der Waals surface area contributed by atoms with E-state index in [2.05, 4.69) is 38.2 Å². The number of anilines is 1. The number of ether oxygens (including phenoxy) is 1. The Kier molecular flexibility index (Phi) is 8.15. The number of carbonyl (C=O) groups is 2. The molecule has 3 saturated carbocycles. The summed E-state index contributed by atoms with van der Waals surface area (Å²) < 4.78 is 23.3. The Balaban J connectivity index is 1.09. The number of nitrogens with two attached hydrogens (primary N) is 1. The maximum Gasteiger partial charge on any atom is 0.256 e. The summed E-state index contributed by atoms with van der Waals surface area (Å²) in [5.74, 6) is 0.137. The number of amides is 1. The van der Waals surface area contributed by atoms with Crippen LogP contribution in [0.5, 0.6) is 0 Å². The number of benzene rings is 1. The van der Waals surface area contributed by atoms with Crippen molar-refractivity contribution in [2.24, 2.45) is 23.5 Å². The highest BCUT2D eigenvalue weighted by Crippen LogP contribution is 2.51. The molecule has 7 aliphatic rings. The first-order chi connectivity index (χ1) is 22.0. The summed E-state index contributed by atoms with van der Waals surface area (Å²) in [7, 11) is 0. The molecule has 1 aromatic rings. The van der Waals surface area contributed by atoms with Crippen molar-refractivity contribution in [2.75, 3.05) is 31.1 Å². The first-order valence-electron chi connectivity index (χ1n) is 17.9. The molecule has 9 heteroatoms. The molecule has 10 atom stereocenters. The predicted octanol–water partition coefficient (Wildman–Crippen LogP) is 3.93. The van der Waals surface area contributed by atoms with E-state index >= 15 is 4.39 Å². The van der Waals surface area contributed by atoms with Gasteiger partial charge in [0.15, 0.2) is 5.78 Å². The van der Waals surface area contributed by atoms with Crippen molar-refractivity contribution in [1.29, 1.82) is 0 Å². The summed E-state index contributed by atoms with van der Waals surface area (Å²) in [5.41, 5.74) is 8.69. The molecule has 1 aromatic carbocycles. The van der Waals surface area contributed by atoms with Crippen molar-refractivity contribution in [3.8, 4) is 0 Å². The smallest absolute Gasteiger partial charge is 0.256 e. The summed E-state index contributed by atoms with van der Waals surface area (Å²) >= 11 is 0. The van der Waals surface area contributed by atoms with Crippen LogP contribution >= 0.6 is 0 Å². The second-order valence-corrected chi connectivity index (χ2v) is 15.1. The van der Waals surface area contributed by atoms with Crippen molar-refractivity contribution < 1.29 is 18.7 Å². The monoisotopic (exact) mass is 619 g/mol. The fraction of sp³-hybridized carbons (Fsp3) is 0.722. The summed E-state index contributed by atoms with van der Waals surface area (Å²) in [4.78, 5) is 35.0. The number of nitrogens with zero attached hydrogens (tertiary/aromatic N) is 3. The Morgan fingerprint density at radius 2 is 1.73 bits per heavy atom. The summed E-state index contributed by atoms with van der Waals surface area (Å²) in [6.45, 7) is 3.83. The van der Waals surface area contributed by atoms with Gasteiger partial charge >= 0.3 is 0 Å². The van der Waals surface area contributed by atoms with Gasteiger partial charge in [0.25, 0.3) is 5.91 Å². The van der Waals surface area contributed by atoms with E-state index in [0.29, 0.717) is 24.9 Å². The number of morpholine rings is 1. The molecule has 1 amide bonds. The van der Waals surface area contributed by atoms with Gasteiger partial charge in [0.1, 0.15) is 6.17 Å². The molecule has 4 heterocycles. The third-order valence-corrected chi connectivity index (χ3v) is 12.5. The van der Waals surface area contributed by atoms with Gasteiger partial charge in [-0.25, -0.2) is 4.39 Å². The predicted molar refractivity (Wildman–Crippen MR) is 171 cm³/mol. The molecule has 6 fully saturated rings. The summed E-state index contributed by atoms with van der Waals surface area (Å²) in [5, 5.41) is 3.11. The minimum atomic E-state index is -1.20. The number of nitrogens with one attached hydrogen (secondary N) is 1. The number of Topliss-reactive ketones (excluding diaryl/α,β-unsaturated/α-hetero) is 1. The summed E-state index contributed by atoms with van der Waals surface area (Å²) in [6.07, 6.45) is 11.9. The average Bonchev–Trinajstić information content (AvgIpc) is 3.49. The van der Waals surface area contributed by atoms with E-state index in [1.165, 1.54) is 44.9 Å². The van der Waals surface area contributed by atoms with E-state index in [-0.39, 0.29) is 47.9 Å². The van der Waals surface area contributed by atoms with Gasteiger partial charge in [-0.1, -0.05) is 43.9 Å². The third-order valence-electron chi connectivity index (χ3n) is 12.5. The number of likely N-dealkylation sites (tertiary alicyclic amines) is 1. The topological polar surface area (TPSA) is 91.1 Å². The molecule has 0 spiro atoms. The molecule has 8 nitrogen and oxygen atoms in total. The van der Waals surface area contributed by atoms with Crippen LogP contribution in [-0.2, 0) is 20.9 Å². The van der Waals surface area contributed by atoms with E-state index in [0.717, 1.165) is 50.1 Å². The van der Waals surface area contributed by atoms with Gasteiger partial charge < -0.3 is 25.6 Å². The van der Waals surface area contributed by atoms with Gasteiger partial charge in [-0.2, -0.15) is 0 Å². The normalized spacial score (nSPS) is 39.9. The van der Waals surface area contributed by atoms with E-state index < -0.39 is 24.2 Å². The largest absolute Gasteiger partial charge is 0.371 e. The highest BCUT2D eigenvalue weighted by molar-refractivity contribution is 6.20. The zero-order valence-corrected chi connectivity index (χ0v) is 26.5. The number of para-hydroxylation sites is 1. The molecule has 3 N–H and O–H groups in total. The fourth-order valence-corrected chi connectivity index (χ4v) is 10.3. The van der Waals surface area contributed by atoms with Crippen molar-refractivity contribution in [3.05, 3.63) is 41.6 Å². The van der Waals surface area contributed by atoms with Gasteiger partial charge in [-0.05, 0) is 68.4 Å². The van der Waals surface area contributed by atoms with Crippen LogP contribution in [0.25, 0.3) is 0 Å². The second kappa shape index (κ2) is 12.3. The molecule has 3 saturated heterocycles. The van der Waals surface area contributed by atoms with E-state index in [1.54, 1.807) is 0 Å². The first-order valence-corrected chi connectivity index (χ1v) is 17.9. The zero-order valence-electron chi connectivity index (χ0n) is 26.5. The van der Waals surface area contributed by atoms with E-state index in [9.17, 15) is 9.59 Å². The highest BCUT2D eigenvalue weighted by atomic mass is 19.1. The maximum atomic E-state index is 16.3. The molecule has 244 valence electrons. The van der Waals surface area contributed by atoms with E-state index in [1.807, 2.05) is 12.3 Å². The molecule has 10 unspecified atom stereocenters. The molecule has 0 aromatic heterocycles. The van der Waals surface area contributed by atoms with Crippen molar-refractivity contribution in [2.45, 2.75) is 120 Å². The van der Waals surface area contributed by atoms with Crippen molar-refractivity contribution >= 4 is 17.4 Å². The number of carbonyl (C=O) groups excluding carboxylic acids is 2.